The van der Waals surface area contributed by atoms with Gasteiger partial charge in [-0.15, -0.1) is 11.3 Å². The second-order valence-corrected chi connectivity index (χ2v) is 6.94. The Labute approximate surface area is 152 Å². The van der Waals surface area contributed by atoms with Gasteiger partial charge >= 0.3 is 0 Å². The summed E-state index contributed by atoms with van der Waals surface area (Å²) in [5, 5.41) is 1.04. The predicted octanol–water partition coefficient (Wildman–Crippen LogP) is 5.65. The van der Waals surface area contributed by atoms with E-state index in [0.29, 0.717) is 0 Å². The Bertz CT molecular complexity index is 947. The first-order valence-corrected chi connectivity index (χ1v) is 8.91. The van der Waals surface area contributed by atoms with Gasteiger partial charge in [-0.2, -0.15) is 0 Å². The van der Waals surface area contributed by atoms with Crippen molar-refractivity contribution >= 4 is 39.5 Å². The number of aromatic nitrogens is 1. The zero-order valence-corrected chi connectivity index (χ0v) is 15.5. The Hall–Kier alpha value is -2.72. The van der Waals surface area contributed by atoms with Crippen LogP contribution in [0.5, 0.6) is 0 Å². The van der Waals surface area contributed by atoms with Crippen LogP contribution in [0.15, 0.2) is 65.8 Å². The molecule has 0 aliphatic rings. The third kappa shape index (κ3) is 3.69. The van der Waals surface area contributed by atoms with Crippen molar-refractivity contribution in [3.8, 4) is 10.6 Å². The summed E-state index contributed by atoms with van der Waals surface area (Å²) in [6.07, 6.45) is 5.81. The zero-order chi connectivity index (χ0) is 17.8. The van der Waals surface area contributed by atoms with Crippen molar-refractivity contribution in [2.45, 2.75) is 6.92 Å². The van der Waals surface area contributed by atoms with Crippen molar-refractivity contribution in [2.24, 2.45) is 4.99 Å². The summed E-state index contributed by atoms with van der Waals surface area (Å²) in [4.78, 5) is 10.8. The van der Waals surface area contributed by atoms with E-state index in [1.165, 1.54) is 10.4 Å². The molecule has 0 radical (unpaired) electrons. The smallest absolute Gasteiger partial charge is 0.124 e. The molecule has 0 aliphatic heterocycles. The second-order valence-electron chi connectivity index (χ2n) is 5.91. The first kappa shape index (κ1) is 17.1. The number of anilines is 1. The van der Waals surface area contributed by atoms with Crippen LogP contribution < -0.4 is 4.90 Å². The highest BCUT2D eigenvalue weighted by Gasteiger charge is 2.08. The monoisotopic (exact) mass is 347 g/mol. The molecule has 0 aliphatic carbocycles. The molecule has 3 rings (SSSR count). The number of hydrogen-bond acceptors (Lipinski definition) is 4. The van der Waals surface area contributed by atoms with Crippen molar-refractivity contribution in [1.82, 2.24) is 4.98 Å². The zero-order valence-electron chi connectivity index (χ0n) is 14.7. The molecular weight excluding hydrogens is 326 g/mol. The molecule has 0 saturated carbocycles. The maximum Gasteiger partial charge on any atom is 0.124 e. The van der Waals surface area contributed by atoms with Gasteiger partial charge in [0.25, 0.3) is 0 Å². The van der Waals surface area contributed by atoms with Crippen LogP contribution in [0.4, 0.5) is 5.69 Å². The van der Waals surface area contributed by atoms with Gasteiger partial charge in [-0.25, -0.2) is 4.98 Å². The van der Waals surface area contributed by atoms with Gasteiger partial charge in [0.15, 0.2) is 0 Å². The lowest BCUT2D eigenvalue weighted by Gasteiger charge is -2.11. The van der Waals surface area contributed by atoms with E-state index in [1.54, 1.807) is 17.5 Å². The van der Waals surface area contributed by atoms with Crippen LogP contribution in [0.1, 0.15) is 12.5 Å². The number of benzene rings is 2. The maximum absolute atomic E-state index is 4.77. The molecular formula is C21H21N3S. The summed E-state index contributed by atoms with van der Waals surface area (Å²) in [7, 11) is 4.10. The molecule has 0 fully saturated rings. The summed E-state index contributed by atoms with van der Waals surface area (Å²) in [6.45, 7) is 5.54. The molecule has 1 aromatic heterocycles. The molecule has 25 heavy (non-hydrogen) atoms. The molecule has 0 N–H and O–H groups in total. The van der Waals surface area contributed by atoms with Crippen LogP contribution in [0, 0.1) is 0 Å². The Balaban J connectivity index is 1.95. The molecule has 0 bridgehead atoms. The summed E-state index contributed by atoms with van der Waals surface area (Å²) in [5.41, 5.74) is 5.52. The average Bonchev–Trinajstić information content (AvgIpc) is 3.05. The van der Waals surface area contributed by atoms with Gasteiger partial charge < -0.3 is 4.90 Å². The quantitative estimate of drug-likeness (QED) is 0.441. The SMILES string of the molecule is C=N/C=C(\C=C/C)c1ccc(-c2nc3ccc(N(C)C)cc3s2)cc1. The van der Waals surface area contributed by atoms with E-state index in [-0.39, 0.29) is 0 Å². The molecule has 0 spiro atoms. The minimum Gasteiger partial charge on any atom is -0.378 e. The van der Waals surface area contributed by atoms with E-state index >= 15 is 0 Å². The molecule has 0 atom stereocenters. The Morgan fingerprint density at radius 1 is 1.16 bits per heavy atom. The summed E-state index contributed by atoms with van der Waals surface area (Å²) in [6, 6.07) is 14.8. The van der Waals surface area contributed by atoms with E-state index in [2.05, 4.69) is 73.2 Å². The fourth-order valence-corrected chi connectivity index (χ4v) is 3.62. The van der Waals surface area contributed by atoms with E-state index in [4.69, 9.17) is 4.98 Å². The fraction of sp³-hybridized carbons (Fsp3) is 0.143. The van der Waals surface area contributed by atoms with Crippen molar-refractivity contribution in [3.63, 3.8) is 0 Å². The van der Waals surface area contributed by atoms with E-state index in [9.17, 15) is 0 Å². The maximum atomic E-state index is 4.77. The lowest BCUT2D eigenvalue weighted by Crippen LogP contribution is -2.07. The third-order valence-electron chi connectivity index (χ3n) is 3.93. The van der Waals surface area contributed by atoms with Gasteiger partial charge in [-0.1, -0.05) is 36.4 Å². The van der Waals surface area contributed by atoms with Crippen LogP contribution >= 0.6 is 11.3 Å². The van der Waals surface area contributed by atoms with Gasteiger partial charge in [-0.05, 0) is 43.0 Å². The van der Waals surface area contributed by atoms with Crippen LogP contribution in [-0.4, -0.2) is 25.8 Å². The third-order valence-corrected chi connectivity index (χ3v) is 5.00. The summed E-state index contributed by atoms with van der Waals surface area (Å²) < 4.78 is 1.20. The number of hydrogen-bond donors (Lipinski definition) is 0. The molecule has 3 nitrogen and oxygen atoms in total. The van der Waals surface area contributed by atoms with Crippen LogP contribution in [0.25, 0.3) is 26.4 Å². The van der Waals surface area contributed by atoms with E-state index < -0.39 is 0 Å². The van der Waals surface area contributed by atoms with Crippen molar-refractivity contribution in [3.05, 3.63) is 66.4 Å². The molecule has 0 unspecified atom stereocenters. The highest BCUT2D eigenvalue weighted by atomic mass is 32.1. The average molecular weight is 347 g/mol. The Morgan fingerprint density at radius 3 is 2.56 bits per heavy atom. The van der Waals surface area contributed by atoms with Crippen molar-refractivity contribution in [1.29, 1.82) is 0 Å². The van der Waals surface area contributed by atoms with Crippen molar-refractivity contribution in [2.75, 3.05) is 19.0 Å². The van der Waals surface area contributed by atoms with Crippen LogP contribution in [0.3, 0.4) is 0 Å². The molecule has 126 valence electrons. The van der Waals surface area contributed by atoms with E-state index in [0.717, 1.165) is 27.2 Å². The second kappa shape index (κ2) is 7.45. The molecule has 0 amide bonds. The van der Waals surface area contributed by atoms with E-state index in [1.807, 2.05) is 19.1 Å². The summed E-state index contributed by atoms with van der Waals surface area (Å²) >= 11 is 1.72. The number of aliphatic imine (C=N–C) groups is 1. The Morgan fingerprint density at radius 2 is 1.92 bits per heavy atom. The first-order chi connectivity index (χ1) is 12.1. The standard InChI is InChI=1S/C21H21N3S/c1-5-6-17(14-22-2)15-7-9-16(10-8-15)21-23-19-12-11-18(24(3)4)13-20(19)25-21/h5-14H,2H2,1,3-4H3/b6-5-,17-14+. The molecule has 0 saturated heterocycles. The van der Waals surface area contributed by atoms with Gasteiger partial charge in [-0.3, -0.25) is 4.99 Å². The lowest BCUT2D eigenvalue weighted by molar-refractivity contribution is 1.14. The minimum absolute atomic E-state index is 1.04. The van der Waals surface area contributed by atoms with Gasteiger partial charge in [0.1, 0.15) is 5.01 Å². The predicted molar refractivity (Wildman–Crippen MR) is 112 cm³/mol. The van der Waals surface area contributed by atoms with Gasteiger partial charge in [0.2, 0.25) is 0 Å². The van der Waals surface area contributed by atoms with Crippen LogP contribution in [0.2, 0.25) is 0 Å². The highest BCUT2D eigenvalue weighted by Crippen LogP contribution is 2.33. The highest BCUT2D eigenvalue weighted by molar-refractivity contribution is 7.21. The molecule has 3 aromatic rings. The molecule has 2 aromatic carbocycles. The number of nitrogens with zero attached hydrogens (tertiary/aromatic N) is 3. The lowest BCUT2D eigenvalue weighted by atomic mass is 10.0. The number of allylic oxidation sites excluding steroid dienone is 3. The topological polar surface area (TPSA) is 28.5 Å². The first-order valence-electron chi connectivity index (χ1n) is 8.10. The largest absolute Gasteiger partial charge is 0.378 e. The number of thiazole rings is 1. The number of rotatable bonds is 5. The number of fused-ring (bicyclic) bond motifs is 1. The summed E-state index contributed by atoms with van der Waals surface area (Å²) in [5.74, 6) is 0. The molecule has 1 heterocycles. The fourth-order valence-electron chi connectivity index (χ4n) is 2.61. The molecule has 4 heteroatoms. The Kier molecular flexibility index (Phi) is 5.10. The minimum atomic E-state index is 1.04. The van der Waals surface area contributed by atoms with Crippen LogP contribution in [-0.2, 0) is 0 Å². The van der Waals surface area contributed by atoms with Gasteiger partial charge in [0, 0.05) is 31.5 Å². The van der Waals surface area contributed by atoms with Crippen molar-refractivity contribution < 1.29 is 0 Å². The normalized spacial score (nSPS) is 12.0. The van der Waals surface area contributed by atoms with Gasteiger partial charge in [0.05, 0.1) is 10.2 Å².